The Morgan fingerprint density at radius 3 is 2.57 bits per heavy atom. The van der Waals surface area contributed by atoms with Crippen LogP contribution in [0.2, 0.25) is 5.02 Å². The SMILES string of the molecule is C=C1CCC(c2ccc(Cl)cn2)CC1. The monoisotopic (exact) mass is 207 g/mol. The molecule has 1 aliphatic rings. The lowest BCUT2D eigenvalue weighted by atomic mass is 9.84. The molecule has 0 spiro atoms. The number of rotatable bonds is 1. The van der Waals surface area contributed by atoms with Crippen LogP contribution in [0.4, 0.5) is 0 Å². The summed E-state index contributed by atoms with van der Waals surface area (Å²) < 4.78 is 0. The molecule has 0 radical (unpaired) electrons. The lowest BCUT2D eigenvalue weighted by molar-refractivity contribution is 0.508. The van der Waals surface area contributed by atoms with E-state index in [2.05, 4.69) is 11.6 Å². The standard InChI is InChI=1S/C12H14ClN/c1-9-2-4-10(5-3-9)12-7-6-11(13)8-14-12/h6-8,10H,1-5H2. The predicted molar refractivity (Wildman–Crippen MR) is 59.6 cm³/mol. The highest BCUT2D eigenvalue weighted by atomic mass is 35.5. The maximum atomic E-state index is 5.80. The van der Waals surface area contributed by atoms with Crippen LogP contribution in [0.5, 0.6) is 0 Å². The second-order valence-corrected chi connectivity index (χ2v) is 4.36. The van der Waals surface area contributed by atoms with Crippen LogP contribution in [-0.2, 0) is 0 Å². The molecule has 1 aromatic heterocycles. The van der Waals surface area contributed by atoms with Gasteiger partial charge in [-0.2, -0.15) is 0 Å². The van der Waals surface area contributed by atoms with E-state index in [1.54, 1.807) is 6.20 Å². The fraction of sp³-hybridized carbons (Fsp3) is 0.417. The molecular formula is C12H14ClN. The third-order valence-electron chi connectivity index (χ3n) is 2.86. The lowest BCUT2D eigenvalue weighted by Crippen LogP contribution is -2.07. The molecule has 14 heavy (non-hydrogen) atoms. The van der Waals surface area contributed by atoms with Crippen molar-refractivity contribution in [2.24, 2.45) is 0 Å². The van der Waals surface area contributed by atoms with Gasteiger partial charge in [0.1, 0.15) is 0 Å². The number of allylic oxidation sites excluding steroid dienone is 1. The molecule has 0 amide bonds. The van der Waals surface area contributed by atoms with Gasteiger partial charge in [-0.3, -0.25) is 4.98 Å². The molecule has 2 heteroatoms. The van der Waals surface area contributed by atoms with Gasteiger partial charge in [0.25, 0.3) is 0 Å². The molecule has 1 fully saturated rings. The first kappa shape index (κ1) is 9.72. The van der Waals surface area contributed by atoms with Crippen molar-refractivity contribution >= 4 is 11.6 Å². The van der Waals surface area contributed by atoms with Gasteiger partial charge in [0.05, 0.1) is 5.02 Å². The van der Waals surface area contributed by atoms with Crippen molar-refractivity contribution in [1.82, 2.24) is 4.98 Å². The fourth-order valence-corrected chi connectivity index (χ4v) is 2.06. The summed E-state index contributed by atoms with van der Waals surface area (Å²) in [4.78, 5) is 4.37. The van der Waals surface area contributed by atoms with Gasteiger partial charge in [0.2, 0.25) is 0 Å². The van der Waals surface area contributed by atoms with E-state index in [1.165, 1.54) is 24.1 Å². The maximum Gasteiger partial charge on any atom is 0.0589 e. The summed E-state index contributed by atoms with van der Waals surface area (Å²) in [5.41, 5.74) is 2.57. The topological polar surface area (TPSA) is 12.9 Å². The smallest absolute Gasteiger partial charge is 0.0589 e. The summed E-state index contributed by atoms with van der Waals surface area (Å²) in [6, 6.07) is 3.97. The fourth-order valence-electron chi connectivity index (χ4n) is 1.95. The Morgan fingerprint density at radius 2 is 2.00 bits per heavy atom. The number of nitrogens with zero attached hydrogens (tertiary/aromatic N) is 1. The quantitative estimate of drug-likeness (QED) is 0.636. The van der Waals surface area contributed by atoms with E-state index in [0.29, 0.717) is 10.9 Å². The molecule has 74 valence electrons. The Kier molecular flexibility index (Phi) is 2.87. The number of pyridine rings is 1. The average Bonchev–Trinajstić information content (AvgIpc) is 2.21. The van der Waals surface area contributed by atoms with Crippen LogP contribution in [0, 0.1) is 0 Å². The normalized spacial score (nSPS) is 18.5. The van der Waals surface area contributed by atoms with E-state index in [4.69, 9.17) is 11.6 Å². The van der Waals surface area contributed by atoms with Gasteiger partial charge in [0, 0.05) is 17.8 Å². The largest absolute Gasteiger partial charge is 0.259 e. The molecule has 0 bridgehead atoms. The molecule has 1 aromatic rings. The van der Waals surface area contributed by atoms with Crippen LogP contribution in [-0.4, -0.2) is 4.98 Å². The minimum absolute atomic E-state index is 0.609. The first-order valence-electron chi connectivity index (χ1n) is 5.04. The summed E-state index contributed by atoms with van der Waals surface area (Å²) in [5.74, 6) is 0.609. The Hall–Kier alpha value is -0.820. The van der Waals surface area contributed by atoms with E-state index in [-0.39, 0.29) is 0 Å². The Balaban J connectivity index is 2.08. The predicted octanol–water partition coefficient (Wildman–Crippen LogP) is 3.95. The molecule has 1 saturated carbocycles. The summed E-state index contributed by atoms with van der Waals surface area (Å²) in [6.07, 6.45) is 6.41. The van der Waals surface area contributed by atoms with Crippen LogP contribution < -0.4 is 0 Å². The van der Waals surface area contributed by atoms with Crippen LogP contribution in [0.1, 0.15) is 37.3 Å². The zero-order valence-electron chi connectivity index (χ0n) is 8.17. The van der Waals surface area contributed by atoms with Crippen LogP contribution in [0.25, 0.3) is 0 Å². The van der Waals surface area contributed by atoms with Crippen molar-refractivity contribution in [1.29, 1.82) is 0 Å². The highest BCUT2D eigenvalue weighted by Gasteiger charge is 2.17. The van der Waals surface area contributed by atoms with E-state index in [0.717, 1.165) is 12.8 Å². The van der Waals surface area contributed by atoms with Gasteiger partial charge in [-0.25, -0.2) is 0 Å². The summed E-state index contributed by atoms with van der Waals surface area (Å²) in [5, 5.41) is 0.717. The third-order valence-corrected chi connectivity index (χ3v) is 3.08. The van der Waals surface area contributed by atoms with E-state index in [1.807, 2.05) is 12.1 Å². The Labute approximate surface area is 89.8 Å². The van der Waals surface area contributed by atoms with Gasteiger partial charge in [0.15, 0.2) is 0 Å². The van der Waals surface area contributed by atoms with Crippen molar-refractivity contribution in [2.45, 2.75) is 31.6 Å². The van der Waals surface area contributed by atoms with Crippen LogP contribution in [0.3, 0.4) is 0 Å². The molecule has 0 N–H and O–H groups in total. The van der Waals surface area contributed by atoms with Crippen LogP contribution >= 0.6 is 11.6 Å². The van der Waals surface area contributed by atoms with Crippen LogP contribution in [0.15, 0.2) is 30.5 Å². The Morgan fingerprint density at radius 1 is 1.29 bits per heavy atom. The van der Waals surface area contributed by atoms with Gasteiger partial charge in [-0.15, -0.1) is 0 Å². The number of hydrogen-bond donors (Lipinski definition) is 0. The van der Waals surface area contributed by atoms with Gasteiger partial charge in [-0.05, 0) is 37.8 Å². The molecule has 0 atom stereocenters. The zero-order valence-corrected chi connectivity index (χ0v) is 8.93. The van der Waals surface area contributed by atoms with Crippen molar-refractivity contribution < 1.29 is 0 Å². The second-order valence-electron chi connectivity index (χ2n) is 3.93. The molecule has 1 heterocycles. The van der Waals surface area contributed by atoms with Crippen molar-refractivity contribution in [3.8, 4) is 0 Å². The summed E-state index contributed by atoms with van der Waals surface area (Å²) in [7, 11) is 0. The van der Waals surface area contributed by atoms with Crippen molar-refractivity contribution in [3.05, 3.63) is 41.2 Å². The molecule has 0 aromatic carbocycles. The first-order valence-corrected chi connectivity index (χ1v) is 5.41. The van der Waals surface area contributed by atoms with E-state index >= 15 is 0 Å². The minimum Gasteiger partial charge on any atom is -0.259 e. The molecule has 2 rings (SSSR count). The number of hydrogen-bond acceptors (Lipinski definition) is 1. The number of halogens is 1. The summed E-state index contributed by atoms with van der Waals surface area (Å²) >= 11 is 5.80. The number of aromatic nitrogens is 1. The second kappa shape index (κ2) is 4.14. The van der Waals surface area contributed by atoms with Crippen molar-refractivity contribution in [3.63, 3.8) is 0 Å². The average molecular weight is 208 g/mol. The molecule has 0 unspecified atom stereocenters. The first-order chi connectivity index (χ1) is 6.75. The minimum atomic E-state index is 0.609. The van der Waals surface area contributed by atoms with Gasteiger partial charge < -0.3 is 0 Å². The van der Waals surface area contributed by atoms with Gasteiger partial charge >= 0.3 is 0 Å². The molecule has 1 aliphatic carbocycles. The zero-order chi connectivity index (χ0) is 9.97. The maximum absolute atomic E-state index is 5.80. The summed E-state index contributed by atoms with van der Waals surface area (Å²) in [6.45, 7) is 4.01. The lowest BCUT2D eigenvalue weighted by Gasteiger charge is -2.22. The molecular weight excluding hydrogens is 194 g/mol. The highest BCUT2D eigenvalue weighted by molar-refractivity contribution is 6.30. The Bertz CT molecular complexity index is 319. The third kappa shape index (κ3) is 2.16. The molecule has 0 saturated heterocycles. The highest BCUT2D eigenvalue weighted by Crippen LogP contribution is 2.33. The van der Waals surface area contributed by atoms with Crippen molar-refractivity contribution in [2.75, 3.05) is 0 Å². The van der Waals surface area contributed by atoms with E-state index in [9.17, 15) is 0 Å². The van der Waals surface area contributed by atoms with Gasteiger partial charge in [-0.1, -0.05) is 23.8 Å². The van der Waals surface area contributed by atoms with E-state index < -0.39 is 0 Å². The molecule has 0 aliphatic heterocycles. The molecule has 1 nitrogen and oxygen atoms in total.